The summed E-state index contributed by atoms with van der Waals surface area (Å²) < 4.78 is 13.4. The number of nitrogens with zero attached hydrogens (tertiary/aromatic N) is 1. The Balaban J connectivity index is 1.82. The van der Waals surface area contributed by atoms with E-state index < -0.39 is 17.6 Å². The molecule has 0 aliphatic carbocycles. The first-order valence-electron chi connectivity index (χ1n) is 7.02. The normalized spacial score (nSPS) is 10.3. The number of carbonyl (C=O) groups excluding carboxylic acids is 2. The Morgan fingerprint density at radius 2 is 1.54 bits per heavy atom. The minimum absolute atomic E-state index is 0.113. The molecule has 1 heterocycles. The fourth-order valence-corrected chi connectivity index (χ4v) is 2.35. The summed E-state index contributed by atoms with van der Waals surface area (Å²) in [6.45, 7) is 1.99. The van der Waals surface area contributed by atoms with Gasteiger partial charge in [0.05, 0.1) is 0 Å². The molecule has 24 heavy (non-hydrogen) atoms. The Hall–Kier alpha value is -2.18. The van der Waals surface area contributed by atoms with Crippen LogP contribution < -0.4 is 10.6 Å². The molecule has 126 valence electrons. The van der Waals surface area contributed by atoms with E-state index in [0.29, 0.717) is 5.56 Å². The van der Waals surface area contributed by atoms with Crippen molar-refractivity contribution in [1.29, 1.82) is 0 Å². The maximum atomic E-state index is 13.4. The summed E-state index contributed by atoms with van der Waals surface area (Å²) in [5.74, 6) is -1.25. The summed E-state index contributed by atoms with van der Waals surface area (Å²) in [7, 11) is 0. The van der Waals surface area contributed by atoms with Crippen molar-refractivity contribution in [3.05, 3.63) is 63.1 Å². The van der Waals surface area contributed by atoms with Crippen molar-refractivity contribution in [3.63, 3.8) is 0 Å². The number of benzene rings is 1. The van der Waals surface area contributed by atoms with Crippen LogP contribution in [0.3, 0.4) is 0 Å². The maximum Gasteiger partial charge on any atom is 0.251 e. The molecule has 8 heteroatoms. The van der Waals surface area contributed by atoms with Gasteiger partial charge in [0.2, 0.25) is 0 Å². The molecule has 0 bridgehead atoms. The number of rotatable bonds is 5. The lowest BCUT2D eigenvalue weighted by atomic mass is 10.1. The van der Waals surface area contributed by atoms with Gasteiger partial charge in [-0.05, 0) is 36.8 Å². The SMILES string of the molecule is Cc1ccc(C(=O)NCCNC(=O)c2cc(Cl)nc(Cl)c2)cc1F. The van der Waals surface area contributed by atoms with Crippen molar-refractivity contribution in [2.75, 3.05) is 13.1 Å². The van der Waals surface area contributed by atoms with Gasteiger partial charge >= 0.3 is 0 Å². The number of nitrogens with one attached hydrogen (secondary N) is 2. The molecule has 2 N–H and O–H groups in total. The van der Waals surface area contributed by atoms with Crippen molar-refractivity contribution >= 4 is 35.0 Å². The molecule has 1 aromatic carbocycles. The molecular formula is C16H14Cl2FN3O2. The Kier molecular flexibility index (Phi) is 6.11. The number of hydrogen-bond donors (Lipinski definition) is 2. The van der Waals surface area contributed by atoms with E-state index in [4.69, 9.17) is 23.2 Å². The number of amides is 2. The highest BCUT2D eigenvalue weighted by Gasteiger charge is 2.10. The van der Waals surface area contributed by atoms with E-state index in [9.17, 15) is 14.0 Å². The molecule has 0 radical (unpaired) electrons. The third kappa shape index (κ3) is 4.91. The fraction of sp³-hybridized carbons (Fsp3) is 0.188. The van der Waals surface area contributed by atoms with Gasteiger partial charge in [-0.1, -0.05) is 29.3 Å². The van der Waals surface area contributed by atoms with Crippen LogP contribution in [0.1, 0.15) is 26.3 Å². The summed E-state index contributed by atoms with van der Waals surface area (Å²) in [4.78, 5) is 27.6. The lowest BCUT2D eigenvalue weighted by Crippen LogP contribution is -2.34. The van der Waals surface area contributed by atoms with Crippen LogP contribution in [0.5, 0.6) is 0 Å². The van der Waals surface area contributed by atoms with Crippen molar-refractivity contribution in [3.8, 4) is 0 Å². The molecule has 0 spiro atoms. The second kappa shape index (κ2) is 8.08. The van der Waals surface area contributed by atoms with Crippen LogP contribution in [-0.2, 0) is 0 Å². The molecule has 0 aliphatic rings. The second-order valence-electron chi connectivity index (χ2n) is 4.98. The highest BCUT2D eigenvalue weighted by molar-refractivity contribution is 6.33. The second-order valence-corrected chi connectivity index (χ2v) is 5.75. The Morgan fingerprint density at radius 1 is 1.00 bits per heavy atom. The van der Waals surface area contributed by atoms with Gasteiger partial charge in [-0.2, -0.15) is 0 Å². The molecule has 0 unspecified atom stereocenters. The topological polar surface area (TPSA) is 71.1 Å². The Labute approximate surface area is 148 Å². The van der Waals surface area contributed by atoms with E-state index in [2.05, 4.69) is 15.6 Å². The minimum atomic E-state index is -0.442. The molecule has 1 aromatic heterocycles. The zero-order valence-electron chi connectivity index (χ0n) is 12.7. The summed E-state index contributed by atoms with van der Waals surface area (Å²) in [5.41, 5.74) is 0.956. The van der Waals surface area contributed by atoms with Gasteiger partial charge in [-0.15, -0.1) is 0 Å². The van der Waals surface area contributed by atoms with E-state index in [1.165, 1.54) is 30.3 Å². The van der Waals surface area contributed by atoms with Crippen LogP contribution in [-0.4, -0.2) is 29.9 Å². The molecule has 5 nitrogen and oxygen atoms in total. The van der Waals surface area contributed by atoms with E-state index >= 15 is 0 Å². The van der Waals surface area contributed by atoms with E-state index in [-0.39, 0.29) is 34.5 Å². The molecule has 0 saturated heterocycles. The van der Waals surface area contributed by atoms with Gasteiger partial charge in [0.15, 0.2) is 0 Å². The van der Waals surface area contributed by atoms with Crippen molar-refractivity contribution in [1.82, 2.24) is 15.6 Å². The van der Waals surface area contributed by atoms with Crippen LogP contribution in [0.2, 0.25) is 10.3 Å². The molecule has 0 saturated carbocycles. The standard InChI is InChI=1S/C16H14Cl2FN3O2/c1-9-2-3-10(6-12(9)19)15(23)20-4-5-21-16(24)11-7-13(17)22-14(18)8-11/h2-3,6-8H,4-5H2,1H3,(H,20,23)(H,21,24). The zero-order valence-corrected chi connectivity index (χ0v) is 14.2. The van der Waals surface area contributed by atoms with Gasteiger partial charge in [0.25, 0.3) is 11.8 Å². The smallest absolute Gasteiger partial charge is 0.251 e. The quantitative estimate of drug-likeness (QED) is 0.628. The Bertz CT molecular complexity index is 764. The van der Waals surface area contributed by atoms with Gasteiger partial charge < -0.3 is 10.6 Å². The molecule has 0 fully saturated rings. The van der Waals surface area contributed by atoms with Crippen molar-refractivity contribution in [2.45, 2.75) is 6.92 Å². The van der Waals surface area contributed by atoms with E-state index in [1.807, 2.05) is 0 Å². The van der Waals surface area contributed by atoms with Gasteiger partial charge in [-0.25, -0.2) is 9.37 Å². The summed E-state index contributed by atoms with van der Waals surface area (Å²) in [6.07, 6.45) is 0. The van der Waals surface area contributed by atoms with Crippen LogP contribution >= 0.6 is 23.2 Å². The molecule has 2 amide bonds. The van der Waals surface area contributed by atoms with Crippen LogP contribution in [0, 0.1) is 12.7 Å². The average molecular weight is 370 g/mol. The largest absolute Gasteiger partial charge is 0.350 e. The molecule has 0 atom stereocenters. The van der Waals surface area contributed by atoms with Crippen LogP contribution in [0.15, 0.2) is 30.3 Å². The number of aryl methyl sites for hydroxylation is 1. The predicted molar refractivity (Wildman–Crippen MR) is 90.1 cm³/mol. The molecule has 0 aliphatic heterocycles. The van der Waals surface area contributed by atoms with Crippen molar-refractivity contribution in [2.24, 2.45) is 0 Å². The number of pyridine rings is 1. The maximum absolute atomic E-state index is 13.4. The zero-order chi connectivity index (χ0) is 17.7. The molecular weight excluding hydrogens is 356 g/mol. The molecule has 2 aromatic rings. The molecule has 2 rings (SSSR count). The predicted octanol–water partition coefficient (Wildman–Crippen LogP) is 3.00. The van der Waals surface area contributed by atoms with E-state index in [1.54, 1.807) is 6.92 Å². The van der Waals surface area contributed by atoms with Crippen LogP contribution in [0.25, 0.3) is 0 Å². The lowest BCUT2D eigenvalue weighted by molar-refractivity contribution is 0.0927. The fourth-order valence-electron chi connectivity index (χ4n) is 1.89. The Morgan fingerprint density at radius 3 is 2.08 bits per heavy atom. The highest BCUT2D eigenvalue weighted by Crippen LogP contribution is 2.14. The summed E-state index contributed by atoms with van der Waals surface area (Å²) in [6, 6.07) is 7.01. The first-order valence-corrected chi connectivity index (χ1v) is 7.78. The third-order valence-corrected chi connectivity index (χ3v) is 3.54. The van der Waals surface area contributed by atoms with Crippen molar-refractivity contribution < 1.29 is 14.0 Å². The minimum Gasteiger partial charge on any atom is -0.350 e. The van der Waals surface area contributed by atoms with Gasteiger partial charge in [0.1, 0.15) is 16.1 Å². The number of hydrogen-bond acceptors (Lipinski definition) is 3. The van der Waals surface area contributed by atoms with Gasteiger partial charge in [-0.3, -0.25) is 9.59 Å². The van der Waals surface area contributed by atoms with Crippen LogP contribution in [0.4, 0.5) is 4.39 Å². The summed E-state index contributed by atoms with van der Waals surface area (Å²) in [5, 5.41) is 5.42. The number of carbonyl (C=O) groups is 2. The lowest BCUT2D eigenvalue weighted by Gasteiger charge is -2.08. The highest BCUT2D eigenvalue weighted by atomic mass is 35.5. The average Bonchev–Trinajstić information content (AvgIpc) is 2.52. The third-order valence-electron chi connectivity index (χ3n) is 3.16. The first kappa shape index (κ1) is 18.2. The first-order chi connectivity index (χ1) is 11.4. The number of halogens is 3. The summed E-state index contributed by atoms with van der Waals surface area (Å²) >= 11 is 11.5. The van der Waals surface area contributed by atoms with E-state index in [0.717, 1.165) is 0 Å². The number of aromatic nitrogens is 1. The monoisotopic (exact) mass is 369 g/mol. The van der Waals surface area contributed by atoms with Gasteiger partial charge in [0, 0.05) is 24.2 Å².